The predicted molar refractivity (Wildman–Crippen MR) is 74.3 cm³/mol. The first-order chi connectivity index (χ1) is 9.56. The molecule has 2 aliphatic rings. The summed E-state index contributed by atoms with van der Waals surface area (Å²) in [6.07, 6.45) is 0.766. The fraction of sp³-hybridized carbons (Fsp3) is 0.750. The van der Waals surface area contributed by atoms with Crippen molar-refractivity contribution in [2.75, 3.05) is 50.9 Å². The van der Waals surface area contributed by atoms with Crippen molar-refractivity contribution in [3.63, 3.8) is 0 Å². The van der Waals surface area contributed by atoms with Crippen LogP contribution in [0.1, 0.15) is 6.42 Å². The van der Waals surface area contributed by atoms with Crippen molar-refractivity contribution in [3.8, 4) is 0 Å². The maximum absolute atomic E-state index is 12.2. The van der Waals surface area contributed by atoms with E-state index >= 15 is 0 Å². The molecule has 1 N–H and O–H groups in total. The second-order valence-corrected chi connectivity index (χ2v) is 5.93. The van der Waals surface area contributed by atoms with Gasteiger partial charge < -0.3 is 14.9 Å². The average Bonchev–Trinajstić information content (AvgIpc) is 2.64. The molecule has 0 aliphatic carbocycles. The van der Waals surface area contributed by atoms with Gasteiger partial charge in [0.1, 0.15) is 6.54 Å². The Balaban J connectivity index is 1.81. The zero-order chi connectivity index (χ0) is 14.5. The van der Waals surface area contributed by atoms with E-state index < -0.39 is 5.97 Å². The van der Waals surface area contributed by atoms with Crippen LogP contribution in [0.15, 0.2) is 0 Å². The van der Waals surface area contributed by atoms with Crippen LogP contribution in [0.5, 0.6) is 0 Å². The second-order valence-electron chi connectivity index (χ2n) is 4.97. The fourth-order valence-electron chi connectivity index (χ4n) is 2.37. The van der Waals surface area contributed by atoms with Crippen molar-refractivity contribution in [3.05, 3.63) is 0 Å². The smallest absolute Gasteiger partial charge is 0.317 e. The quantitative estimate of drug-likeness (QED) is 0.727. The van der Waals surface area contributed by atoms with E-state index in [1.165, 1.54) is 11.8 Å². The number of hydrogen-bond donors (Lipinski definition) is 1. The highest BCUT2D eigenvalue weighted by Gasteiger charge is 2.26. The van der Waals surface area contributed by atoms with Gasteiger partial charge in [0.15, 0.2) is 0 Å². The highest BCUT2D eigenvalue weighted by Crippen LogP contribution is 2.15. The molecule has 112 valence electrons. The molecule has 2 rings (SSSR count). The molecule has 2 heterocycles. The van der Waals surface area contributed by atoms with Gasteiger partial charge in [0.25, 0.3) is 0 Å². The minimum atomic E-state index is -0.843. The van der Waals surface area contributed by atoms with E-state index in [4.69, 9.17) is 5.11 Å². The van der Waals surface area contributed by atoms with Gasteiger partial charge in [-0.1, -0.05) is 0 Å². The van der Waals surface area contributed by atoms with Crippen molar-refractivity contribution < 1.29 is 19.5 Å². The first-order valence-corrected chi connectivity index (χ1v) is 7.79. The van der Waals surface area contributed by atoms with Crippen LogP contribution in [0, 0.1) is 0 Å². The summed E-state index contributed by atoms with van der Waals surface area (Å²) >= 11 is 1.52. The monoisotopic (exact) mass is 301 g/mol. The van der Waals surface area contributed by atoms with Gasteiger partial charge in [-0.05, 0) is 6.42 Å². The fourth-order valence-corrected chi connectivity index (χ4v) is 3.28. The predicted octanol–water partition coefficient (Wildman–Crippen LogP) is -0.862. The lowest BCUT2D eigenvalue weighted by molar-refractivity contribution is -0.138. The van der Waals surface area contributed by atoms with Crippen molar-refractivity contribution in [2.24, 2.45) is 0 Å². The van der Waals surface area contributed by atoms with Gasteiger partial charge in [0, 0.05) is 26.2 Å². The Bertz CT molecular complexity index is 404. The third kappa shape index (κ3) is 4.11. The summed E-state index contributed by atoms with van der Waals surface area (Å²) in [4.78, 5) is 39.5. The SMILES string of the molecule is O=C(O)CN1CCCN(C(=O)CN2CSCC2=O)CC1. The molecule has 0 aromatic rings. The van der Waals surface area contributed by atoms with E-state index in [-0.39, 0.29) is 24.9 Å². The molecule has 2 amide bonds. The standard InChI is InChI=1S/C12H19N3O4S/c16-10(6-15-9-20-8-11(15)17)14-3-1-2-13(4-5-14)7-12(18)19/h1-9H2,(H,18,19). The molecular weight excluding hydrogens is 282 g/mol. The third-order valence-electron chi connectivity index (χ3n) is 3.45. The van der Waals surface area contributed by atoms with Crippen LogP contribution >= 0.6 is 11.8 Å². The average molecular weight is 301 g/mol. The molecule has 2 fully saturated rings. The number of nitrogens with zero attached hydrogens (tertiary/aromatic N) is 3. The van der Waals surface area contributed by atoms with E-state index in [9.17, 15) is 14.4 Å². The molecule has 0 saturated carbocycles. The van der Waals surface area contributed by atoms with Gasteiger partial charge in [-0.25, -0.2) is 0 Å². The Hall–Kier alpha value is -1.28. The van der Waals surface area contributed by atoms with Gasteiger partial charge in [-0.3, -0.25) is 19.3 Å². The van der Waals surface area contributed by atoms with Gasteiger partial charge in [-0.2, -0.15) is 0 Å². The molecular formula is C12H19N3O4S. The van der Waals surface area contributed by atoms with Crippen LogP contribution in [-0.4, -0.2) is 88.5 Å². The minimum absolute atomic E-state index is 0.0171. The Kier molecular flexibility index (Phi) is 5.24. The molecule has 2 saturated heterocycles. The summed E-state index contributed by atoms with van der Waals surface area (Å²) in [5.41, 5.74) is 0. The first kappa shape index (κ1) is 15.1. The lowest BCUT2D eigenvalue weighted by Crippen LogP contribution is -2.43. The maximum atomic E-state index is 12.2. The molecule has 8 heteroatoms. The number of carbonyl (C=O) groups is 3. The molecule has 0 aromatic heterocycles. The molecule has 20 heavy (non-hydrogen) atoms. The number of carboxylic acids is 1. The number of carboxylic acid groups (broad SMARTS) is 1. The van der Waals surface area contributed by atoms with Crippen LogP contribution in [-0.2, 0) is 14.4 Å². The van der Waals surface area contributed by atoms with E-state index in [1.807, 2.05) is 4.90 Å². The second kappa shape index (κ2) is 6.94. The lowest BCUT2D eigenvalue weighted by Gasteiger charge is -2.23. The van der Waals surface area contributed by atoms with Crippen LogP contribution in [0.4, 0.5) is 0 Å². The molecule has 0 radical (unpaired) electrons. The van der Waals surface area contributed by atoms with Crippen molar-refractivity contribution in [1.29, 1.82) is 0 Å². The molecule has 0 bridgehead atoms. The lowest BCUT2D eigenvalue weighted by atomic mass is 10.3. The maximum Gasteiger partial charge on any atom is 0.317 e. The summed E-state index contributed by atoms with van der Waals surface area (Å²) < 4.78 is 0. The Morgan fingerprint density at radius 1 is 1.15 bits per heavy atom. The normalized spacial score (nSPS) is 21.1. The largest absolute Gasteiger partial charge is 0.480 e. The van der Waals surface area contributed by atoms with E-state index in [0.29, 0.717) is 37.8 Å². The number of rotatable bonds is 4. The number of amides is 2. The number of carbonyl (C=O) groups excluding carboxylic acids is 2. The van der Waals surface area contributed by atoms with E-state index in [0.717, 1.165) is 6.42 Å². The van der Waals surface area contributed by atoms with Crippen molar-refractivity contribution in [1.82, 2.24) is 14.7 Å². The van der Waals surface area contributed by atoms with Crippen LogP contribution in [0.2, 0.25) is 0 Å². The topological polar surface area (TPSA) is 81.2 Å². The Morgan fingerprint density at radius 3 is 2.60 bits per heavy atom. The highest BCUT2D eigenvalue weighted by atomic mass is 32.2. The van der Waals surface area contributed by atoms with E-state index in [1.54, 1.807) is 9.80 Å². The van der Waals surface area contributed by atoms with E-state index in [2.05, 4.69) is 0 Å². The van der Waals surface area contributed by atoms with Gasteiger partial charge in [0.2, 0.25) is 11.8 Å². The molecule has 2 aliphatic heterocycles. The molecule has 7 nitrogen and oxygen atoms in total. The number of hydrogen-bond acceptors (Lipinski definition) is 5. The number of aliphatic carboxylic acids is 1. The Labute approximate surface area is 121 Å². The zero-order valence-corrected chi connectivity index (χ0v) is 12.1. The van der Waals surface area contributed by atoms with Crippen LogP contribution in [0.3, 0.4) is 0 Å². The van der Waals surface area contributed by atoms with Crippen LogP contribution in [0.25, 0.3) is 0 Å². The van der Waals surface area contributed by atoms with Crippen molar-refractivity contribution >= 4 is 29.5 Å². The van der Waals surface area contributed by atoms with Gasteiger partial charge in [-0.15, -0.1) is 11.8 Å². The van der Waals surface area contributed by atoms with Crippen LogP contribution < -0.4 is 0 Å². The highest BCUT2D eigenvalue weighted by molar-refractivity contribution is 8.00. The summed E-state index contributed by atoms with van der Waals surface area (Å²) in [6, 6.07) is 0. The zero-order valence-electron chi connectivity index (χ0n) is 11.3. The molecule has 0 unspecified atom stereocenters. The van der Waals surface area contributed by atoms with Gasteiger partial charge >= 0.3 is 5.97 Å². The number of thioether (sulfide) groups is 1. The third-order valence-corrected chi connectivity index (χ3v) is 4.40. The molecule has 0 spiro atoms. The summed E-state index contributed by atoms with van der Waals surface area (Å²) in [5.74, 6) is 0.177. The summed E-state index contributed by atoms with van der Waals surface area (Å²) in [5, 5.41) is 8.78. The molecule has 0 atom stereocenters. The molecule has 0 aromatic carbocycles. The minimum Gasteiger partial charge on any atom is -0.480 e. The van der Waals surface area contributed by atoms with Crippen molar-refractivity contribution in [2.45, 2.75) is 6.42 Å². The summed E-state index contributed by atoms with van der Waals surface area (Å²) in [6.45, 7) is 2.58. The summed E-state index contributed by atoms with van der Waals surface area (Å²) in [7, 11) is 0. The Morgan fingerprint density at radius 2 is 1.95 bits per heavy atom. The van der Waals surface area contributed by atoms with Gasteiger partial charge in [0.05, 0.1) is 18.2 Å². The first-order valence-electron chi connectivity index (χ1n) is 6.63.